The van der Waals surface area contributed by atoms with E-state index in [0.29, 0.717) is 27.2 Å². The molecule has 9 nitrogen and oxygen atoms in total. The van der Waals surface area contributed by atoms with E-state index in [-0.39, 0.29) is 12.4 Å². The molecule has 0 spiro atoms. The van der Waals surface area contributed by atoms with Gasteiger partial charge in [-0.2, -0.15) is 0 Å². The van der Waals surface area contributed by atoms with Crippen molar-refractivity contribution in [1.29, 1.82) is 0 Å². The molecule has 1 aliphatic rings. The second-order valence-electron chi connectivity index (χ2n) is 7.17. The number of benzene rings is 2. The van der Waals surface area contributed by atoms with Crippen LogP contribution in [0.5, 0.6) is 5.75 Å². The Morgan fingerprint density at radius 2 is 2.03 bits per heavy atom. The van der Waals surface area contributed by atoms with Crippen molar-refractivity contribution in [3.8, 4) is 11.4 Å². The van der Waals surface area contributed by atoms with Crippen molar-refractivity contribution in [2.45, 2.75) is 18.1 Å². The molecular formula is C23H22ClN5O4S. The third kappa shape index (κ3) is 5.18. The molecule has 0 fully saturated rings. The Labute approximate surface area is 205 Å². The normalized spacial score (nSPS) is 15.5. The fourth-order valence-electron chi connectivity index (χ4n) is 3.49. The Kier molecular flexibility index (Phi) is 7.39. The number of thioether (sulfide) groups is 1. The van der Waals surface area contributed by atoms with E-state index in [1.165, 1.54) is 11.8 Å². The topological polar surface area (TPSA) is 107 Å². The van der Waals surface area contributed by atoms with Crippen molar-refractivity contribution in [3.05, 3.63) is 76.7 Å². The van der Waals surface area contributed by atoms with Gasteiger partial charge in [-0.3, -0.25) is 4.57 Å². The van der Waals surface area contributed by atoms with Crippen LogP contribution in [0.3, 0.4) is 0 Å². The van der Waals surface area contributed by atoms with Crippen molar-refractivity contribution in [2.24, 2.45) is 0 Å². The number of hydrogen-bond acceptors (Lipinski definition) is 7. The number of aromatic nitrogens is 3. The standard InChI is InChI=1S/C23H22ClN5O4S/c1-3-33-21(30)19-18(26-22(31)27-20(19)14-7-9-17(32-2)10-8-14)12-34-23-28-25-13-29(23)16-6-4-5-15(24)11-16/h4-11,13,20H,3,12H2,1-2H3,(H2,26,27,31). The molecule has 176 valence electrons. The highest BCUT2D eigenvalue weighted by atomic mass is 35.5. The fourth-order valence-corrected chi connectivity index (χ4v) is 4.57. The summed E-state index contributed by atoms with van der Waals surface area (Å²) in [6.07, 6.45) is 1.58. The summed E-state index contributed by atoms with van der Waals surface area (Å²) in [7, 11) is 1.57. The predicted octanol–water partition coefficient (Wildman–Crippen LogP) is 3.89. The first-order valence-corrected chi connectivity index (χ1v) is 11.8. The Balaban J connectivity index is 1.66. The van der Waals surface area contributed by atoms with Gasteiger partial charge in [-0.15, -0.1) is 10.2 Å². The molecule has 1 aliphatic heterocycles. The van der Waals surface area contributed by atoms with Crippen LogP contribution in [0.1, 0.15) is 18.5 Å². The summed E-state index contributed by atoms with van der Waals surface area (Å²) in [5.74, 6) is 0.414. The van der Waals surface area contributed by atoms with E-state index >= 15 is 0 Å². The van der Waals surface area contributed by atoms with Gasteiger partial charge in [-0.1, -0.05) is 41.6 Å². The van der Waals surface area contributed by atoms with Gasteiger partial charge in [0.2, 0.25) is 0 Å². The largest absolute Gasteiger partial charge is 0.497 e. The molecular weight excluding hydrogens is 478 g/mol. The lowest BCUT2D eigenvalue weighted by molar-refractivity contribution is -0.139. The van der Waals surface area contributed by atoms with Gasteiger partial charge < -0.3 is 20.1 Å². The summed E-state index contributed by atoms with van der Waals surface area (Å²) in [5, 5.41) is 14.9. The van der Waals surface area contributed by atoms with Crippen LogP contribution in [0.15, 0.2) is 71.3 Å². The van der Waals surface area contributed by atoms with Gasteiger partial charge in [0.25, 0.3) is 0 Å². The number of ether oxygens (including phenoxy) is 2. The lowest BCUT2D eigenvalue weighted by Gasteiger charge is -2.29. The minimum absolute atomic E-state index is 0.203. The van der Waals surface area contributed by atoms with Gasteiger partial charge in [0.05, 0.1) is 31.0 Å². The van der Waals surface area contributed by atoms with Crippen LogP contribution >= 0.6 is 23.4 Å². The van der Waals surface area contributed by atoms with E-state index < -0.39 is 18.0 Å². The molecule has 0 bridgehead atoms. The predicted molar refractivity (Wildman–Crippen MR) is 128 cm³/mol. The molecule has 0 saturated carbocycles. The minimum Gasteiger partial charge on any atom is -0.497 e. The monoisotopic (exact) mass is 499 g/mol. The summed E-state index contributed by atoms with van der Waals surface area (Å²) in [5.41, 5.74) is 2.29. The number of hydrogen-bond donors (Lipinski definition) is 2. The van der Waals surface area contributed by atoms with E-state index in [1.54, 1.807) is 61.3 Å². The van der Waals surface area contributed by atoms with Crippen molar-refractivity contribution < 1.29 is 19.1 Å². The van der Waals surface area contributed by atoms with Crippen LogP contribution < -0.4 is 15.4 Å². The summed E-state index contributed by atoms with van der Waals surface area (Å²) in [6.45, 7) is 1.94. The summed E-state index contributed by atoms with van der Waals surface area (Å²) in [4.78, 5) is 25.5. The highest BCUT2D eigenvalue weighted by Crippen LogP contribution is 2.31. The number of halogens is 1. The van der Waals surface area contributed by atoms with Gasteiger partial charge in [0, 0.05) is 16.5 Å². The number of nitrogens with one attached hydrogen (secondary N) is 2. The average Bonchev–Trinajstić information content (AvgIpc) is 3.31. The summed E-state index contributed by atoms with van der Waals surface area (Å²) < 4.78 is 12.3. The number of carbonyl (C=O) groups excluding carboxylic acids is 2. The van der Waals surface area contributed by atoms with E-state index in [9.17, 15) is 9.59 Å². The lowest BCUT2D eigenvalue weighted by Crippen LogP contribution is -2.46. The maximum absolute atomic E-state index is 13.0. The second-order valence-corrected chi connectivity index (χ2v) is 8.55. The van der Waals surface area contributed by atoms with Crippen molar-refractivity contribution in [2.75, 3.05) is 19.5 Å². The maximum Gasteiger partial charge on any atom is 0.338 e. The molecule has 11 heteroatoms. The molecule has 4 rings (SSSR count). The van der Waals surface area contributed by atoms with Gasteiger partial charge in [-0.05, 0) is 42.8 Å². The smallest absolute Gasteiger partial charge is 0.338 e. The van der Waals surface area contributed by atoms with Gasteiger partial charge in [0.1, 0.15) is 12.1 Å². The highest BCUT2D eigenvalue weighted by Gasteiger charge is 2.34. The van der Waals surface area contributed by atoms with Crippen LogP contribution in [0.4, 0.5) is 4.79 Å². The summed E-state index contributed by atoms with van der Waals surface area (Å²) >= 11 is 7.45. The molecule has 2 heterocycles. The minimum atomic E-state index is -0.680. The highest BCUT2D eigenvalue weighted by molar-refractivity contribution is 7.99. The Morgan fingerprint density at radius 3 is 2.74 bits per heavy atom. The first-order valence-electron chi connectivity index (χ1n) is 10.4. The fraction of sp³-hybridized carbons (Fsp3) is 0.217. The first-order chi connectivity index (χ1) is 16.5. The third-order valence-corrected chi connectivity index (χ3v) is 6.25. The van der Waals surface area contributed by atoms with Gasteiger partial charge in [-0.25, -0.2) is 9.59 Å². The number of rotatable bonds is 8. The average molecular weight is 500 g/mol. The zero-order valence-corrected chi connectivity index (χ0v) is 20.0. The molecule has 1 unspecified atom stereocenters. The van der Waals surface area contributed by atoms with Gasteiger partial charge >= 0.3 is 12.0 Å². The zero-order valence-electron chi connectivity index (χ0n) is 18.4. The molecule has 1 atom stereocenters. The van der Waals surface area contributed by atoms with Crippen LogP contribution in [0, 0.1) is 0 Å². The van der Waals surface area contributed by atoms with E-state index in [4.69, 9.17) is 21.1 Å². The van der Waals surface area contributed by atoms with Crippen molar-refractivity contribution in [1.82, 2.24) is 25.4 Å². The Bertz CT molecular complexity index is 1230. The molecule has 0 radical (unpaired) electrons. The third-order valence-electron chi connectivity index (χ3n) is 5.05. The van der Waals surface area contributed by atoms with E-state index in [2.05, 4.69) is 20.8 Å². The molecule has 0 aliphatic carbocycles. The lowest BCUT2D eigenvalue weighted by atomic mass is 9.95. The molecule has 2 N–H and O–H groups in total. The number of urea groups is 1. The maximum atomic E-state index is 13.0. The zero-order chi connectivity index (χ0) is 24.1. The van der Waals surface area contributed by atoms with Gasteiger partial charge in [0.15, 0.2) is 5.16 Å². The molecule has 2 aromatic carbocycles. The number of esters is 1. The quantitative estimate of drug-likeness (QED) is 0.357. The van der Waals surface area contributed by atoms with E-state index in [0.717, 1.165) is 11.3 Å². The number of nitrogens with zero attached hydrogens (tertiary/aromatic N) is 3. The first kappa shape index (κ1) is 23.7. The Morgan fingerprint density at radius 1 is 1.24 bits per heavy atom. The molecule has 3 aromatic rings. The van der Waals surface area contributed by atoms with Crippen LogP contribution in [0.25, 0.3) is 5.69 Å². The number of amides is 2. The van der Waals surface area contributed by atoms with Crippen LogP contribution in [0.2, 0.25) is 5.02 Å². The SMILES string of the molecule is CCOC(=O)C1=C(CSc2nncn2-c2cccc(Cl)c2)NC(=O)NC1c1ccc(OC)cc1. The Hall–Kier alpha value is -3.50. The molecule has 34 heavy (non-hydrogen) atoms. The van der Waals surface area contributed by atoms with Crippen molar-refractivity contribution in [3.63, 3.8) is 0 Å². The number of carbonyl (C=O) groups is 2. The van der Waals surface area contributed by atoms with Crippen LogP contribution in [-0.2, 0) is 9.53 Å². The molecule has 2 amide bonds. The summed E-state index contributed by atoms with van der Waals surface area (Å²) in [6, 6.07) is 13.3. The number of methoxy groups -OCH3 is 1. The molecule has 0 saturated heterocycles. The van der Waals surface area contributed by atoms with Crippen LogP contribution in [-0.4, -0.2) is 46.2 Å². The van der Waals surface area contributed by atoms with Crippen molar-refractivity contribution >= 4 is 35.4 Å². The van der Waals surface area contributed by atoms with E-state index in [1.807, 2.05) is 12.1 Å². The molecule has 1 aromatic heterocycles. The second kappa shape index (κ2) is 10.6.